The fraction of sp³-hybridized carbons (Fsp3) is 0.435. The van der Waals surface area contributed by atoms with Crippen molar-refractivity contribution in [3.05, 3.63) is 59.6 Å². The van der Waals surface area contributed by atoms with Gasteiger partial charge in [-0.25, -0.2) is 0 Å². The highest BCUT2D eigenvalue weighted by Crippen LogP contribution is 2.26. The normalized spacial score (nSPS) is 19.3. The van der Waals surface area contributed by atoms with Gasteiger partial charge in [0.05, 0.1) is 16.8 Å². The molecule has 4 rings (SSSR count). The first-order valence-electron chi connectivity index (χ1n) is 10.5. The zero-order valence-electron chi connectivity index (χ0n) is 17.0. The van der Waals surface area contributed by atoms with E-state index in [9.17, 15) is 4.79 Å². The second-order valence-electron chi connectivity index (χ2n) is 7.80. The van der Waals surface area contributed by atoms with E-state index in [-0.39, 0.29) is 11.9 Å². The Kier molecular flexibility index (Phi) is 6.26. The van der Waals surface area contributed by atoms with Gasteiger partial charge in [-0.3, -0.25) is 9.69 Å². The molecule has 0 N–H and O–H groups in total. The molecule has 5 nitrogen and oxygen atoms in total. The van der Waals surface area contributed by atoms with Gasteiger partial charge >= 0.3 is 0 Å². The number of halogens is 1. The number of piperazine rings is 2. The van der Waals surface area contributed by atoms with E-state index in [0.717, 1.165) is 63.1 Å². The Hall–Kier alpha value is -2.24. The SMILES string of the molecule is C[C@@H](C(=O)N1CCN(c2ccccc2)CC1)N1CCN(c2ccccc2Cl)CC1. The fourth-order valence-corrected chi connectivity index (χ4v) is 4.56. The summed E-state index contributed by atoms with van der Waals surface area (Å²) in [6.07, 6.45) is 0. The molecule has 0 bridgehead atoms. The van der Waals surface area contributed by atoms with Crippen LogP contribution in [0.4, 0.5) is 11.4 Å². The van der Waals surface area contributed by atoms with Gasteiger partial charge in [0.25, 0.3) is 0 Å². The van der Waals surface area contributed by atoms with Gasteiger partial charge < -0.3 is 14.7 Å². The number of carbonyl (C=O) groups excluding carboxylic acids is 1. The smallest absolute Gasteiger partial charge is 0.239 e. The maximum atomic E-state index is 13.1. The van der Waals surface area contributed by atoms with Crippen molar-refractivity contribution in [1.82, 2.24) is 9.80 Å². The van der Waals surface area contributed by atoms with E-state index in [4.69, 9.17) is 11.6 Å². The second-order valence-corrected chi connectivity index (χ2v) is 8.21. The van der Waals surface area contributed by atoms with Crippen LogP contribution in [-0.4, -0.2) is 74.1 Å². The zero-order valence-corrected chi connectivity index (χ0v) is 17.8. The number of hydrogen-bond acceptors (Lipinski definition) is 4. The number of para-hydroxylation sites is 2. The van der Waals surface area contributed by atoms with Crippen LogP contribution in [0, 0.1) is 0 Å². The summed E-state index contributed by atoms with van der Waals surface area (Å²) in [6, 6.07) is 18.4. The Morgan fingerprint density at radius 3 is 2.03 bits per heavy atom. The van der Waals surface area contributed by atoms with Crippen molar-refractivity contribution in [3.63, 3.8) is 0 Å². The highest BCUT2D eigenvalue weighted by Gasteiger charge is 2.30. The van der Waals surface area contributed by atoms with Crippen molar-refractivity contribution in [2.24, 2.45) is 0 Å². The van der Waals surface area contributed by atoms with E-state index in [1.807, 2.05) is 29.2 Å². The summed E-state index contributed by atoms with van der Waals surface area (Å²) < 4.78 is 0. The van der Waals surface area contributed by atoms with Crippen molar-refractivity contribution in [1.29, 1.82) is 0 Å². The summed E-state index contributed by atoms with van der Waals surface area (Å²) in [4.78, 5) is 22.1. The van der Waals surface area contributed by atoms with Crippen LogP contribution in [0.15, 0.2) is 54.6 Å². The third-order valence-electron chi connectivity index (χ3n) is 6.13. The lowest BCUT2D eigenvalue weighted by molar-refractivity contribution is -0.136. The van der Waals surface area contributed by atoms with Crippen LogP contribution in [0.3, 0.4) is 0 Å². The first-order valence-corrected chi connectivity index (χ1v) is 10.8. The first kappa shape index (κ1) is 20.0. The number of rotatable bonds is 4. The van der Waals surface area contributed by atoms with Gasteiger partial charge in [0, 0.05) is 58.0 Å². The van der Waals surface area contributed by atoms with Crippen LogP contribution in [-0.2, 0) is 4.79 Å². The minimum absolute atomic E-state index is 0.0772. The van der Waals surface area contributed by atoms with Gasteiger partial charge in [-0.1, -0.05) is 41.9 Å². The van der Waals surface area contributed by atoms with Crippen molar-refractivity contribution >= 4 is 28.9 Å². The van der Waals surface area contributed by atoms with Gasteiger partial charge in [0.2, 0.25) is 5.91 Å². The molecule has 2 saturated heterocycles. The summed E-state index contributed by atoms with van der Waals surface area (Å²) in [5, 5.41) is 0.793. The number of hydrogen-bond donors (Lipinski definition) is 0. The number of benzene rings is 2. The summed E-state index contributed by atoms with van der Waals surface area (Å²) >= 11 is 6.34. The van der Waals surface area contributed by atoms with Crippen LogP contribution in [0.2, 0.25) is 5.02 Å². The van der Waals surface area contributed by atoms with E-state index < -0.39 is 0 Å². The lowest BCUT2D eigenvalue weighted by atomic mass is 10.1. The summed E-state index contributed by atoms with van der Waals surface area (Å²) in [5.41, 5.74) is 2.33. The topological polar surface area (TPSA) is 30.0 Å². The molecule has 0 unspecified atom stereocenters. The average molecular weight is 413 g/mol. The van der Waals surface area contributed by atoms with Crippen molar-refractivity contribution in [2.75, 3.05) is 62.2 Å². The Balaban J connectivity index is 1.29. The molecule has 6 heteroatoms. The van der Waals surface area contributed by atoms with Crippen LogP contribution >= 0.6 is 11.6 Å². The third kappa shape index (κ3) is 4.51. The lowest BCUT2D eigenvalue weighted by Gasteiger charge is -2.42. The van der Waals surface area contributed by atoms with Crippen LogP contribution < -0.4 is 9.80 Å². The Morgan fingerprint density at radius 1 is 0.793 bits per heavy atom. The molecule has 154 valence electrons. The monoisotopic (exact) mass is 412 g/mol. The van der Waals surface area contributed by atoms with Crippen molar-refractivity contribution in [3.8, 4) is 0 Å². The maximum absolute atomic E-state index is 13.1. The molecule has 0 spiro atoms. The molecule has 0 saturated carbocycles. The van der Waals surface area contributed by atoms with Gasteiger partial charge in [0.1, 0.15) is 0 Å². The maximum Gasteiger partial charge on any atom is 0.239 e. The van der Waals surface area contributed by atoms with Crippen LogP contribution in [0.1, 0.15) is 6.92 Å². The molecule has 1 amide bonds. The summed E-state index contributed by atoms with van der Waals surface area (Å²) in [7, 11) is 0. The summed E-state index contributed by atoms with van der Waals surface area (Å²) in [6.45, 7) is 8.95. The molecular formula is C23H29ClN4O. The van der Waals surface area contributed by atoms with E-state index in [0.29, 0.717) is 0 Å². The molecule has 2 aromatic carbocycles. The molecule has 0 aromatic heterocycles. The van der Waals surface area contributed by atoms with Crippen LogP contribution in [0.5, 0.6) is 0 Å². The summed E-state index contributed by atoms with van der Waals surface area (Å²) in [5.74, 6) is 0.254. The highest BCUT2D eigenvalue weighted by molar-refractivity contribution is 6.33. The Bertz CT molecular complexity index is 815. The highest BCUT2D eigenvalue weighted by atomic mass is 35.5. The lowest BCUT2D eigenvalue weighted by Crippen LogP contribution is -2.57. The molecule has 29 heavy (non-hydrogen) atoms. The second kappa shape index (κ2) is 9.06. The standard InChI is InChI=1S/C23H29ClN4O/c1-19(25-11-15-27(16-12-25)22-10-6-5-9-21(22)24)23(29)28-17-13-26(14-18-28)20-7-3-2-4-8-20/h2-10,19H,11-18H2,1H3/t19-/m0/s1. The average Bonchev–Trinajstić information content (AvgIpc) is 2.79. The van der Waals surface area contributed by atoms with Crippen molar-refractivity contribution < 1.29 is 4.79 Å². The predicted molar refractivity (Wildman–Crippen MR) is 120 cm³/mol. The fourth-order valence-electron chi connectivity index (χ4n) is 4.30. The van der Waals surface area contributed by atoms with Gasteiger partial charge in [-0.2, -0.15) is 0 Å². The number of anilines is 2. The Morgan fingerprint density at radius 2 is 1.38 bits per heavy atom. The Labute approximate surface area is 178 Å². The third-order valence-corrected chi connectivity index (χ3v) is 6.44. The van der Waals surface area contributed by atoms with Gasteiger partial charge in [-0.15, -0.1) is 0 Å². The molecule has 2 aromatic rings. The molecule has 2 heterocycles. The first-order chi connectivity index (χ1) is 14.1. The van der Waals surface area contributed by atoms with E-state index in [1.54, 1.807) is 0 Å². The quantitative estimate of drug-likeness (QED) is 0.771. The largest absolute Gasteiger partial charge is 0.368 e. The van der Waals surface area contributed by atoms with Gasteiger partial charge in [0.15, 0.2) is 0 Å². The van der Waals surface area contributed by atoms with E-state index in [1.165, 1.54) is 5.69 Å². The molecule has 2 aliphatic rings. The zero-order chi connectivity index (χ0) is 20.2. The minimum Gasteiger partial charge on any atom is -0.368 e. The van der Waals surface area contributed by atoms with E-state index in [2.05, 4.69) is 52.0 Å². The van der Waals surface area contributed by atoms with E-state index >= 15 is 0 Å². The molecule has 0 radical (unpaired) electrons. The minimum atomic E-state index is -0.0772. The molecule has 2 aliphatic heterocycles. The molecule has 0 aliphatic carbocycles. The van der Waals surface area contributed by atoms with Crippen LogP contribution in [0.25, 0.3) is 0 Å². The molecule has 1 atom stereocenters. The molecule has 2 fully saturated rings. The number of nitrogens with zero attached hydrogens (tertiary/aromatic N) is 4. The van der Waals surface area contributed by atoms with Crippen molar-refractivity contribution in [2.45, 2.75) is 13.0 Å². The predicted octanol–water partition coefficient (Wildman–Crippen LogP) is 3.20. The number of carbonyl (C=O) groups is 1. The number of amides is 1. The molecular weight excluding hydrogens is 384 g/mol. The van der Waals surface area contributed by atoms with Gasteiger partial charge in [-0.05, 0) is 31.2 Å².